The molecule has 0 aliphatic heterocycles. The van der Waals surface area contributed by atoms with Crippen molar-refractivity contribution in [2.75, 3.05) is 30.9 Å². The maximum Gasteiger partial charge on any atom is 0.249 e. The van der Waals surface area contributed by atoms with Crippen LogP contribution >= 0.6 is 0 Å². The van der Waals surface area contributed by atoms with Gasteiger partial charge in [0.25, 0.3) is 0 Å². The highest BCUT2D eigenvalue weighted by Gasteiger charge is 2.03. The van der Waals surface area contributed by atoms with Gasteiger partial charge in [0.05, 0.1) is 19.9 Å². The number of anilines is 3. The van der Waals surface area contributed by atoms with Crippen molar-refractivity contribution in [3.8, 4) is 11.5 Å². The van der Waals surface area contributed by atoms with E-state index in [9.17, 15) is 0 Å². The molecule has 0 atom stereocenters. The van der Waals surface area contributed by atoms with Crippen molar-refractivity contribution in [3.05, 3.63) is 60.3 Å². The predicted molar refractivity (Wildman–Crippen MR) is 111 cm³/mol. The Kier molecular flexibility index (Phi) is 6.62. The highest BCUT2D eigenvalue weighted by atomic mass is 16.5. The zero-order valence-electron chi connectivity index (χ0n) is 16.3. The molecule has 28 heavy (non-hydrogen) atoms. The first kappa shape index (κ1) is 19.4. The number of nitrogens with zero attached hydrogens (tertiary/aromatic N) is 3. The average Bonchev–Trinajstić information content (AvgIpc) is 2.72. The van der Waals surface area contributed by atoms with Crippen molar-refractivity contribution < 1.29 is 9.47 Å². The van der Waals surface area contributed by atoms with Gasteiger partial charge in [-0.2, -0.15) is 10.1 Å². The summed E-state index contributed by atoms with van der Waals surface area (Å²) >= 11 is 0. The van der Waals surface area contributed by atoms with E-state index in [1.807, 2.05) is 36.4 Å². The molecule has 1 aromatic heterocycles. The summed E-state index contributed by atoms with van der Waals surface area (Å²) in [5.41, 5.74) is 2.21. The fraction of sp³-hybridized carbons (Fsp3) is 0.286. The fourth-order valence-electron chi connectivity index (χ4n) is 2.54. The summed E-state index contributed by atoms with van der Waals surface area (Å²) in [5, 5.41) is 14.4. The molecule has 0 aliphatic carbocycles. The van der Waals surface area contributed by atoms with Crippen LogP contribution in [0.5, 0.6) is 11.5 Å². The summed E-state index contributed by atoms with van der Waals surface area (Å²) in [4.78, 5) is 4.42. The minimum Gasteiger partial charge on any atom is -0.497 e. The quantitative estimate of drug-likeness (QED) is 0.538. The lowest BCUT2D eigenvalue weighted by molar-refractivity contribution is 0.331. The summed E-state index contributed by atoms with van der Waals surface area (Å²) in [7, 11) is 1.64. The number of hydrogen-bond donors (Lipinski definition) is 2. The summed E-state index contributed by atoms with van der Waals surface area (Å²) in [6, 6.07) is 15.7. The van der Waals surface area contributed by atoms with E-state index in [2.05, 4.69) is 51.8 Å². The van der Waals surface area contributed by atoms with E-state index in [0.717, 1.165) is 17.2 Å². The van der Waals surface area contributed by atoms with Crippen LogP contribution in [0.4, 0.5) is 17.5 Å². The van der Waals surface area contributed by atoms with Crippen LogP contribution in [0.3, 0.4) is 0 Å². The number of ether oxygens (including phenoxy) is 2. The topological polar surface area (TPSA) is 81.2 Å². The Labute approximate surface area is 165 Å². The van der Waals surface area contributed by atoms with Crippen molar-refractivity contribution >= 4 is 17.5 Å². The highest BCUT2D eigenvalue weighted by Crippen LogP contribution is 2.19. The largest absolute Gasteiger partial charge is 0.497 e. The lowest BCUT2D eigenvalue weighted by Gasteiger charge is -2.10. The standard InChI is InChI=1S/C21H25N5O2/c1-15(2)16-4-6-17(7-5-16)24-21-25-20(14-23-26-21)22-12-13-28-19-10-8-18(27-3)9-11-19/h4-11,14-15H,12-13H2,1-3H3,(H2,22,24,25,26). The van der Waals surface area contributed by atoms with Gasteiger partial charge in [-0.05, 0) is 47.9 Å². The van der Waals surface area contributed by atoms with Gasteiger partial charge < -0.3 is 20.1 Å². The molecule has 2 aromatic carbocycles. The number of benzene rings is 2. The smallest absolute Gasteiger partial charge is 0.249 e. The van der Waals surface area contributed by atoms with E-state index >= 15 is 0 Å². The van der Waals surface area contributed by atoms with Crippen LogP contribution in [0.25, 0.3) is 0 Å². The second-order valence-corrected chi connectivity index (χ2v) is 6.52. The van der Waals surface area contributed by atoms with Crippen LogP contribution in [0, 0.1) is 0 Å². The van der Waals surface area contributed by atoms with Crippen LogP contribution in [0.15, 0.2) is 54.7 Å². The van der Waals surface area contributed by atoms with Crippen molar-refractivity contribution in [1.29, 1.82) is 0 Å². The first-order valence-corrected chi connectivity index (χ1v) is 9.21. The van der Waals surface area contributed by atoms with Crippen molar-refractivity contribution in [3.63, 3.8) is 0 Å². The van der Waals surface area contributed by atoms with Crippen molar-refractivity contribution in [2.24, 2.45) is 0 Å². The third-order valence-corrected chi connectivity index (χ3v) is 4.13. The molecule has 0 saturated heterocycles. The molecule has 7 heteroatoms. The number of hydrogen-bond acceptors (Lipinski definition) is 7. The minimum absolute atomic E-state index is 0.443. The van der Waals surface area contributed by atoms with Gasteiger partial charge in [0.2, 0.25) is 5.95 Å². The molecule has 3 rings (SSSR count). The van der Waals surface area contributed by atoms with E-state index in [-0.39, 0.29) is 0 Å². The third kappa shape index (κ3) is 5.57. The normalized spacial score (nSPS) is 10.6. The highest BCUT2D eigenvalue weighted by molar-refractivity contribution is 5.54. The van der Waals surface area contributed by atoms with Crippen LogP contribution in [0.2, 0.25) is 0 Å². The lowest BCUT2D eigenvalue weighted by Crippen LogP contribution is -2.13. The molecule has 0 unspecified atom stereocenters. The van der Waals surface area contributed by atoms with Gasteiger partial charge >= 0.3 is 0 Å². The van der Waals surface area contributed by atoms with Crippen molar-refractivity contribution in [1.82, 2.24) is 15.2 Å². The maximum atomic E-state index is 5.69. The molecule has 0 aliphatic rings. The van der Waals surface area contributed by atoms with E-state index in [1.54, 1.807) is 13.3 Å². The van der Waals surface area contributed by atoms with Gasteiger partial charge in [-0.25, -0.2) is 0 Å². The van der Waals surface area contributed by atoms with Gasteiger partial charge in [0, 0.05) is 5.69 Å². The van der Waals surface area contributed by atoms with E-state index in [1.165, 1.54) is 5.56 Å². The average molecular weight is 379 g/mol. The summed E-state index contributed by atoms with van der Waals surface area (Å²) in [6.45, 7) is 5.43. The Bertz CT molecular complexity index is 867. The molecule has 2 N–H and O–H groups in total. The van der Waals surface area contributed by atoms with E-state index in [0.29, 0.717) is 30.8 Å². The molecule has 0 saturated carbocycles. The molecule has 0 fully saturated rings. The summed E-state index contributed by atoms with van der Waals surface area (Å²) in [6.07, 6.45) is 1.58. The number of rotatable bonds is 9. The Hall–Kier alpha value is -3.35. The molecule has 1 heterocycles. The maximum absolute atomic E-state index is 5.69. The minimum atomic E-state index is 0.443. The SMILES string of the molecule is COc1ccc(OCCNc2cnnc(Nc3ccc(C(C)C)cc3)n2)cc1. The first-order valence-electron chi connectivity index (χ1n) is 9.21. The second kappa shape index (κ2) is 9.55. The van der Waals surface area contributed by atoms with Crippen molar-refractivity contribution in [2.45, 2.75) is 19.8 Å². The van der Waals surface area contributed by atoms with Crippen LogP contribution < -0.4 is 20.1 Å². The first-order chi connectivity index (χ1) is 13.6. The number of aromatic nitrogens is 3. The third-order valence-electron chi connectivity index (χ3n) is 4.13. The molecular weight excluding hydrogens is 354 g/mol. The van der Waals surface area contributed by atoms with Gasteiger partial charge in [-0.15, -0.1) is 5.10 Å². The fourth-order valence-corrected chi connectivity index (χ4v) is 2.54. The Morgan fingerprint density at radius 1 is 0.964 bits per heavy atom. The molecule has 0 spiro atoms. The van der Waals surface area contributed by atoms with Crippen LogP contribution in [0.1, 0.15) is 25.3 Å². The van der Waals surface area contributed by atoms with Gasteiger partial charge in [-0.1, -0.05) is 26.0 Å². The molecule has 146 valence electrons. The molecule has 7 nitrogen and oxygen atoms in total. The molecule has 3 aromatic rings. The monoisotopic (exact) mass is 379 g/mol. The Balaban J connectivity index is 1.48. The molecule has 0 bridgehead atoms. The number of methoxy groups -OCH3 is 1. The van der Waals surface area contributed by atoms with Gasteiger partial charge in [-0.3, -0.25) is 0 Å². The zero-order valence-corrected chi connectivity index (χ0v) is 16.3. The zero-order chi connectivity index (χ0) is 19.8. The Morgan fingerprint density at radius 3 is 2.36 bits per heavy atom. The van der Waals surface area contributed by atoms with E-state index in [4.69, 9.17) is 9.47 Å². The predicted octanol–water partition coefficient (Wildman–Crippen LogP) is 4.24. The van der Waals surface area contributed by atoms with Gasteiger partial charge in [0.15, 0.2) is 5.82 Å². The molecule has 0 radical (unpaired) electrons. The Morgan fingerprint density at radius 2 is 1.68 bits per heavy atom. The van der Waals surface area contributed by atoms with E-state index < -0.39 is 0 Å². The summed E-state index contributed by atoms with van der Waals surface area (Å²) < 4.78 is 10.8. The molecular formula is C21H25N5O2. The van der Waals surface area contributed by atoms with Gasteiger partial charge in [0.1, 0.15) is 18.1 Å². The summed E-state index contributed by atoms with van der Waals surface area (Å²) in [5.74, 6) is 3.17. The lowest BCUT2D eigenvalue weighted by atomic mass is 10.0. The molecule has 0 amide bonds. The van der Waals surface area contributed by atoms with Crippen LogP contribution in [-0.2, 0) is 0 Å². The second-order valence-electron chi connectivity index (χ2n) is 6.52. The number of nitrogens with one attached hydrogen (secondary N) is 2. The van der Waals surface area contributed by atoms with Crippen LogP contribution in [-0.4, -0.2) is 35.4 Å².